The summed E-state index contributed by atoms with van der Waals surface area (Å²) in [5, 5.41) is 3.27. The summed E-state index contributed by atoms with van der Waals surface area (Å²) in [6, 6.07) is 9.11. The summed E-state index contributed by atoms with van der Waals surface area (Å²) in [6.45, 7) is 6.07. The lowest BCUT2D eigenvalue weighted by Crippen LogP contribution is -2.22. The molecule has 0 aliphatic heterocycles. The zero-order valence-corrected chi connectivity index (χ0v) is 12.9. The van der Waals surface area contributed by atoms with E-state index in [1.54, 1.807) is 6.07 Å². The number of nitrogens with zero attached hydrogens (tertiary/aromatic N) is 1. The van der Waals surface area contributed by atoms with Gasteiger partial charge in [0.2, 0.25) is 0 Å². The van der Waals surface area contributed by atoms with E-state index in [0.29, 0.717) is 18.7 Å². The quantitative estimate of drug-likeness (QED) is 0.785. The maximum atomic E-state index is 14.1. The van der Waals surface area contributed by atoms with Crippen molar-refractivity contribution in [1.29, 1.82) is 0 Å². The molecule has 2 aromatic rings. The molecule has 21 heavy (non-hydrogen) atoms. The van der Waals surface area contributed by atoms with Gasteiger partial charge in [-0.1, -0.05) is 13.0 Å². The highest BCUT2D eigenvalue weighted by Crippen LogP contribution is 2.24. The number of rotatable bonds is 7. The molecule has 0 bridgehead atoms. The predicted molar refractivity (Wildman–Crippen MR) is 83.9 cm³/mol. The lowest BCUT2D eigenvalue weighted by Gasteiger charge is -2.22. The topological polar surface area (TPSA) is 28.4 Å². The van der Waals surface area contributed by atoms with Crippen molar-refractivity contribution >= 4 is 5.69 Å². The van der Waals surface area contributed by atoms with Crippen LogP contribution in [0.5, 0.6) is 0 Å². The smallest absolute Gasteiger partial charge is 0.129 e. The highest BCUT2D eigenvalue weighted by Gasteiger charge is 2.13. The molecule has 0 aliphatic rings. The van der Waals surface area contributed by atoms with Crippen LogP contribution in [0.2, 0.25) is 0 Å². The third-order valence-corrected chi connectivity index (χ3v) is 3.42. The Balaban J connectivity index is 2.15. The molecule has 1 heterocycles. The SMILES string of the molecule is CCCNCc1c(F)cccc1N(C)Cc1ccc(C)o1. The van der Waals surface area contributed by atoms with Gasteiger partial charge in [0.15, 0.2) is 0 Å². The number of hydrogen-bond acceptors (Lipinski definition) is 3. The third-order valence-electron chi connectivity index (χ3n) is 3.42. The molecule has 114 valence electrons. The molecule has 4 heteroatoms. The fourth-order valence-corrected chi connectivity index (χ4v) is 2.36. The van der Waals surface area contributed by atoms with Crippen molar-refractivity contribution in [3.8, 4) is 0 Å². The van der Waals surface area contributed by atoms with Gasteiger partial charge in [-0.05, 0) is 44.2 Å². The Morgan fingerprint density at radius 2 is 2.05 bits per heavy atom. The Kier molecular flexibility index (Phi) is 5.39. The van der Waals surface area contributed by atoms with Gasteiger partial charge in [0.1, 0.15) is 17.3 Å². The van der Waals surface area contributed by atoms with Crippen molar-refractivity contribution in [1.82, 2.24) is 5.32 Å². The lowest BCUT2D eigenvalue weighted by atomic mass is 10.1. The third kappa shape index (κ3) is 4.08. The van der Waals surface area contributed by atoms with Crippen LogP contribution in [-0.2, 0) is 13.1 Å². The first kappa shape index (κ1) is 15.6. The van der Waals surface area contributed by atoms with Crippen molar-refractivity contribution in [2.75, 3.05) is 18.5 Å². The van der Waals surface area contributed by atoms with Gasteiger partial charge in [0, 0.05) is 24.8 Å². The standard InChI is InChI=1S/C17H23FN2O/c1-4-10-19-11-15-16(18)6-5-7-17(15)20(3)12-14-9-8-13(2)21-14/h5-9,19H,4,10-12H2,1-3H3. The Morgan fingerprint density at radius 3 is 2.71 bits per heavy atom. The Bertz CT molecular complexity index is 580. The number of hydrogen-bond donors (Lipinski definition) is 1. The molecular weight excluding hydrogens is 267 g/mol. The average Bonchev–Trinajstić information content (AvgIpc) is 2.86. The molecule has 2 rings (SSSR count). The van der Waals surface area contributed by atoms with Crippen LogP contribution in [0.25, 0.3) is 0 Å². The summed E-state index contributed by atoms with van der Waals surface area (Å²) in [5.74, 6) is 1.60. The molecule has 0 unspecified atom stereocenters. The monoisotopic (exact) mass is 290 g/mol. The Morgan fingerprint density at radius 1 is 1.24 bits per heavy atom. The number of aryl methyl sites for hydroxylation is 1. The van der Waals surface area contributed by atoms with Gasteiger partial charge in [-0.25, -0.2) is 4.39 Å². The fourth-order valence-electron chi connectivity index (χ4n) is 2.36. The van der Waals surface area contributed by atoms with Crippen LogP contribution >= 0.6 is 0 Å². The largest absolute Gasteiger partial charge is 0.464 e. The second kappa shape index (κ2) is 7.27. The van der Waals surface area contributed by atoms with E-state index in [0.717, 1.165) is 30.2 Å². The van der Waals surface area contributed by atoms with Crippen LogP contribution in [-0.4, -0.2) is 13.6 Å². The van der Waals surface area contributed by atoms with E-state index >= 15 is 0 Å². The molecule has 1 aromatic carbocycles. The minimum Gasteiger partial charge on any atom is -0.464 e. The van der Waals surface area contributed by atoms with Gasteiger partial charge >= 0.3 is 0 Å². The molecule has 0 radical (unpaired) electrons. The lowest BCUT2D eigenvalue weighted by molar-refractivity contribution is 0.481. The maximum Gasteiger partial charge on any atom is 0.129 e. The Hall–Kier alpha value is -1.81. The molecule has 1 aromatic heterocycles. The van der Waals surface area contributed by atoms with E-state index in [4.69, 9.17) is 4.42 Å². The van der Waals surface area contributed by atoms with E-state index in [1.165, 1.54) is 6.07 Å². The molecule has 0 amide bonds. The second-order valence-corrected chi connectivity index (χ2v) is 5.28. The first-order valence-corrected chi connectivity index (χ1v) is 7.36. The molecule has 0 spiro atoms. The maximum absolute atomic E-state index is 14.1. The van der Waals surface area contributed by atoms with Crippen LogP contribution in [0.4, 0.5) is 10.1 Å². The molecule has 0 saturated carbocycles. The minimum absolute atomic E-state index is 0.168. The fraction of sp³-hybridized carbons (Fsp3) is 0.412. The highest BCUT2D eigenvalue weighted by molar-refractivity contribution is 5.53. The van der Waals surface area contributed by atoms with E-state index in [9.17, 15) is 4.39 Å². The number of nitrogens with one attached hydrogen (secondary N) is 1. The highest BCUT2D eigenvalue weighted by atomic mass is 19.1. The van der Waals surface area contributed by atoms with Crippen molar-refractivity contribution in [3.63, 3.8) is 0 Å². The summed E-state index contributed by atoms with van der Waals surface area (Å²) in [4.78, 5) is 2.02. The minimum atomic E-state index is -0.168. The van der Waals surface area contributed by atoms with Crippen LogP contribution in [0, 0.1) is 12.7 Å². The normalized spacial score (nSPS) is 10.9. The molecule has 1 N–H and O–H groups in total. The zero-order chi connectivity index (χ0) is 15.2. The summed E-state index contributed by atoms with van der Waals surface area (Å²) in [5.41, 5.74) is 1.60. The van der Waals surface area contributed by atoms with Gasteiger partial charge in [-0.2, -0.15) is 0 Å². The summed E-state index contributed by atoms with van der Waals surface area (Å²) in [6.07, 6.45) is 1.03. The molecule has 0 saturated heterocycles. The van der Waals surface area contributed by atoms with E-state index in [2.05, 4.69) is 12.2 Å². The number of anilines is 1. The van der Waals surface area contributed by atoms with Gasteiger partial charge < -0.3 is 14.6 Å². The first-order chi connectivity index (χ1) is 10.1. The molecule has 0 aliphatic carbocycles. The molecule has 0 atom stereocenters. The van der Waals surface area contributed by atoms with Gasteiger partial charge in [0.25, 0.3) is 0 Å². The van der Waals surface area contributed by atoms with Gasteiger partial charge in [-0.3, -0.25) is 0 Å². The molecule has 0 fully saturated rings. The Labute approximate surface area is 125 Å². The molecule has 3 nitrogen and oxygen atoms in total. The first-order valence-electron chi connectivity index (χ1n) is 7.36. The van der Waals surface area contributed by atoms with E-state index in [1.807, 2.05) is 37.1 Å². The number of benzene rings is 1. The van der Waals surface area contributed by atoms with Crippen LogP contribution < -0.4 is 10.2 Å². The van der Waals surface area contributed by atoms with Crippen molar-refractivity contribution in [2.45, 2.75) is 33.4 Å². The van der Waals surface area contributed by atoms with Crippen molar-refractivity contribution in [2.24, 2.45) is 0 Å². The summed E-state index contributed by atoms with van der Waals surface area (Å²) in [7, 11) is 1.95. The van der Waals surface area contributed by atoms with E-state index < -0.39 is 0 Å². The van der Waals surface area contributed by atoms with Crippen LogP contribution in [0.3, 0.4) is 0 Å². The van der Waals surface area contributed by atoms with Crippen LogP contribution in [0.15, 0.2) is 34.7 Å². The van der Waals surface area contributed by atoms with Crippen molar-refractivity contribution in [3.05, 3.63) is 53.2 Å². The van der Waals surface area contributed by atoms with Crippen LogP contribution in [0.1, 0.15) is 30.4 Å². The van der Waals surface area contributed by atoms with Gasteiger partial charge in [-0.15, -0.1) is 0 Å². The van der Waals surface area contributed by atoms with Crippen molar-refractivity contribution < 1.29 is 8.81 Å². The van der Waals surface area contributed by atoms with E-state index in [-0.39, 0.29) is 5.82 Å². The second-order valence-electron chi connectivity index (χ2n) is 5.28. The molecular formula is C17H23FN2O. The van der Waals surface area contributed by atoms with Gasteiger partial charge in [0.05, 0.1) is 6.54 Å². The number of halogens is 1. The zero-order valence-electron chi connectivity index (χ0n) is 12.9. The summed E-state index contributed by atoms with van der Waals surface area (Å²) < 4.78 is 19.7. The average molecular weight is 290 g/mol. The number of furan rings is 1. The summed E-state index contributed by atoms with van der Waals surface area (Å²) >= 11 is 0. The predicted octanol–water partition coefficient (Wildman–Crippen LogP) is 3.86.